The van der Waals surface area contributed by atoms with Crippen LogP contribution >= 0.6 is 15.9 Å². The Kier molecular flexibility index (Phi) is 4.43. The highest BCUT2D eigenvalue weighted by Crippen LogP contribution is 2.23. The van der Waals surface area contributed by atoms with Gasteiger partial charge in [0.25, 0.3) is 0 Å². The lowest BCUT2D eigenvalue weighted by Crippen LogP contribution is -2.37. The van der Waals surface area contributed by atoms with Crippen LogP contribution < -0.4 is 0 Å². The average Bonchev–Trinajstić information content (AvgIpc) is 2.55. The maximum absolute atomic E-state index is 12.5. The van der Waals surface area contributed by atoms with E-state index in [2.05, 4.69) is 20.9 Å². The Balaban J connectivity index is 1.77. The molecule has 0 spiro atoms. The Morgan fingerprint density at radius 1 is 1.26 bits per heavy atom. The molecule has 1 aliphatic heterocycles. The van der Waals surface area contributed by atoms with Gasteiger partial charge in [-0.15, -0.1) is 0 Å². The summed E-state index contributed by atoms with van der Waals surface area (Å²) in [4.78, 5) is 29.5. The van der Waals surface area contributed by atoms with Gasteiger partial charge in [-0.05, 0) is 29.2 Å². The number of halogens is 1. The largest absolute Gasteiger partial charge is 0.478 e. The number of hydrogen-bond acceptors (Lipinski definition) is 3. The minimum Gasteiger partial charge on any atom is -0.478 e. The molecule has 118 valence electrons. The molecule has 5 nitrogen and oxygen atoms in total. The van der Waals surface area contributed by atoms with Gasteiger partial charge in [0.15, 0.2) is 0 Å². The molecule has 0 atom stereocenters. The van der Waals surface area contributed by atoms with Gasteiger partial charge in [0, 0.05) is 30.0 Å². The number of carbonyl (C=O) groups excluding carboxylic acids is 1. The third kappa shape index (κ3) is 3.27. The number of fused-ring (bicyclic) bond motifs is 1. The highest BCUT2D eigenvalue weighted by Gasteiger charge is 2.25. The first-order valence-corrected chi connectivity index (χ1v) is 8.06. The summed E-state index contributed by atoms with van der Waals surface area (Å²) in [5.41, 5.74) is 2.79. The number of carbonyl (C=O) groups is 2. The molecule has 6 heteroatoms. The lowest BCUT2D eigenvalue weighted by Gasteiger charge is -2.29. The lowest BCUT2D eigenvalue weighted by atomic mass is 9.96. The lowest BCUT2D eigenvalue weighted by molar-refractivity contribution is -0.131. The van der Waals surface area contributed by atoms with Crippen LogP contribution in [0.4, 0.5) is 0 Å². The molecule has 3 rings (SSSR count). The highest BCUT2D eigenvalue weighted by atomic mass is 79.9. The molecule has 23 heavy (non-hydrogen) atoms. The molecule has 1 amide bonds. The van der Waals surface area contributed by atoms with Crippen LogP contribution in [0.25, 0.3) is 0 Å². The average molecular weight is 375 g/mol. The zero-order chi connectivity index (χ0) is 16.4. The maximum Gasteiger partial charge on any atom is 0.337 e. The van der Waals surface area contributed by atoms with E-state index in [9.17, 15) is 14.7 Å². The van der Waals surface area contributed by atoms with Crippen molar-refractivity contribution in [1.82, 2.24) is 9.88 Å². The molecular formula is C17H15BrN2O3. The number of amides is 1. The van der Waals surface area contributed by atoms with Gasteiger partial charge < -0.3 is 10.0 Å². The Bertz CT molecular complexity index is 776. The van der Waals surface area contributed by atoms with Gasteiger partial charge in [-0.2, -0.15) is 0 Å². The van der Waals surface area contributed by atoms with E-state index in [4.69, 9.17) is 0 Å². The number of benzene rings is 1. The summed E-state index contributed by atoms with van der Waals surface area (Å²) in [5.74, 6) is -0.939. The maximum atomic E-state index is 12.5. The molecule has 1 aliphatic rings. The Morgan fingerprint density at radius 2 is 2.04 bits per heavy atom. The highest BCUT2D eigenvalue weighted by molar-refractivity contribution is 9.10. The summed E-state index contributed by atoms with van der Waals surface area (Å²) in [6, 6.07) is 7.65. The summed E-state index contributed by atoms with van der Waals surface area (Å²) < 4.78 is 0.917. The molecule has 1 aromatic heterocycles. The Labute approximate surface area is 142 Å². The second-order valence-corrected chi connectivity index (χ2v) is 6.32. The van der Waals surface area contributed by atoms with Crippen molar-refractivity contribution >= 4 is 27.8 Å². The monoisotopic (exact) mass is 374 g/mol. The molecule has 0 radical (unpaired) electrons. The molecule has 0 aliphatic carbocycles. The molecule has 2 aromatic rings. The number of aromatic carboxylic acids is 1. The van der Waals surface area contributed by atoms with E-state index >= 15 is 0 Å². The molecule has 0 fully saturated rings. The number of aromatic nitrogens is 1. The fraction of sp³-hybridized carbons (Fsp3) is 0.235. The predicted molar refractivity (Wildman–Crippen MR) is 88.2 cm³/mol. The number of carboxylic acid groups (broad SMARTS) is 1. The molecule has 0 unspecified atom stereocenters. The standard InChI is InChI=1S/C17H15BrN2O3/c18-15-4-2-1-3-11(15)7-16(21)20-6-5-13-12(10-20)8-19-9-14(13)17(22)23/h1-4,8-9H,5-7,10H2,(H,22,23). The number of carboxylic acids is 1. The van der Waals surface area contributed by atoms with Crippen LogP contribution in [-0.4, -0.2) is 33.4 Å². The fourth-order valence-electron chi connectivity index (χ4n) is 2.81. The first kappa shape index (κ1) is 15.7. The predicted octanol–water partition coefficient (Wildman–Crippen LogP) is 2.67. The zero-order valence-corrected chi connectivity index (χ0v) is 13.9. The summed E-state index contributed by atoms with van der Waals surface area (Å²) in [5, 5.41) is 9.22. The van der Waals surface area contributed by atoms with E-state index in [1.165, 1.54) is 6.20 Å². The summed E-state index contributed by atoms with van der Waals surface area (Å²) >= 11 is 3.45. The van der Waals surface area contributed by atoms with E-state index in [1.54, 1.807) is 11.1 Å². The third-order valence-corrected chi connectivity index (χ3v) is 4.80. The van der Waals surface area contributed by atoms with Gasteiger partial charge >= 0.3 is 5.97 Å². The number of nitrogens with zero attached hydrogens (tertiary/aromatic N) is 2. The van der Waals surface area contributed by atoms with Crippen LogP contribution in [0.2, 0.25) is 0 Å². The van der Waals surface area contributed by atoms with E-state index < -0.39 is 5.97 Å². The van der Waals surface area contributed by atoms with Crippen LogP contribution in [-0.2, 0) is 24.2 Å². The molecule has 0 saturated heterocycles. The van der Waals surface area contributed by atoms with Crippen LogP contribution in [0.5, 0.6) is 0 Å². The Morgan fingerprint density at radius 3 is 2.78 bits per heavy atom. The number of rotatable bonds is 3. The molecule has 0 bridgehead atoms. The first-order valence-electron chi connectivity index (χ1n) is 7.26. The minimum absolute atomic E-state index is 0.0308. The summed E-state index contributed by atoms with van der Waals surface area (Å²) in [7, 11) is 0. The van der Waals surface area contributed by atoms with Crippen molar-refractivity contribution in [3.05, 3.63) is 63.4 Å². The SMILES string of the molecule is O=C(O)c1cncc2c1CCN(C(=O)Cc1ccccc1Br)C2. The van der Waals surface area contributed by atoms with Crippen LogP contribution in [0.1, 0.15) is 27.0 Å². The van der Waals surface area contributed by atoms with E-state index in [-0.39, 0.29) is 11.5 Å². The number of pyridine rings is 1. The van der Waals surface area contributed by atoms with Gasteiger partial charge in [0.2, 0.25) is 5.91 Å². The van der Waals surface area contributed by atoms with Crippen LogP contribution in [0.3, 0.4) is 0 Å². The fourth-order valence-corrected chi connectivity index (χ4v) is 3.23. The van der Waals surface area contributed by atoms with Crippen LogP contribution in [0, 0.1) is 0 Å². The molecule has 1 aromatic carbocycles. The van der Waals surface area contributed by atoms with E-state index in [1.807, 2.05) is 24.3 Å². The van der Waals surface area contributed by atoms with Crippen molar-refractivity contribution in [3.63, 3.8) is 0 Å². The van der Waals surface area contributed by atoms with E-state index in [0.29, 0.717) is 25.9 Å². The van der Waals surface area contributed by atoms with Gasteiger partial charge in [-0.3, -0.25) is 9.78 Å². The molecule has 1 N–H and O–H groups in total. The molecule has 2 heterocycles. The van der Waals surface area contributed by atoms with Crippen molar-refractivity contribution in [2.45, 2.75) is 19.4 Å². The van der Waals surface area contributed by atoms with Crippen molar-refractivity contribution in [1.29, 1.82) is 0 Å². The molecule has 0 saturated carbocycles. The second-order valence-electron chi connectivity index (χ2n) is 5.46. The topological polar surface area (TPSA) is 70.5 Å². The van der Waals surface area contributed by atoms with Crippen molar-refractivity contribution in [2.24, 2.45) is 0 Å². The summed E-state index contributed by atoms with van der Waals surface area (Å²) in [6.07, 6.45) is 3.89. The van der Waals surface area contributed by atoms with Crippen LogP contribution in [0.15, 0.2) is 41.1 Å². The third-order valence-electron chi connectivity index (χ3n) is 4.02. The van der Waals surface area contributed by atoms with Gasteiger partial charge in [0.1, 0.15) is 0 Å². The van der Waals surface area contributed by atoms with Crippen molar-refractivity contribution in [2.75, 3.05) is 6.54 Å². The quantitative estimate of drug-likeness (QED) is 0.896. The number of hydrogen-bond donors (Lipinski definition) is 1. The minimum atomic E-state index is -0.970. The van der Waals surface area contributed by atoms with Gasteiger partial charge in [-0.25, -0.2) is 4.79 Å². The zero-order valence-electron chi connectivity index (χ0n) is 12.3. The van der Waals surface area contributed by atoms with Gasteiger partial charge in [-0.1, -0.05) is 34.1 Å². The van der Waals surface area contributed by atoms with Crippen molar-refractivity contribution < 1.29 is 14.7 Å². The summed E-state index contributed by atoms with van der Waals surface area (Å²) in [6.45, 7) is 0.938. The Hall–Kier alpha value is -2.21. The van der Waals surface area contributed by atoms with Gasteiger partial charge in [0.05, 0.1) is 12.0 Å². The van der Waals surface area contributed by atoms with Crippen molar-refractivity contribution in [3.8, 4) is 0 Å². The van der Waals surface area contributed by atoms with E-state index in [0.717, 1.165) is 21.2 Å². The molecular weight excluding hydrogens is 360 g/mol. The normalized spacial score (nSPS) is 13.5. The second kappa shape index (κ2) is 6.50. The smallest absolute Gasteiger partial charge is 0.337 e. The first-order chi connectivity index (χ1) is 11.1.